The van der Waals surface area contributed by atoms with Crippen molar-refractivity contribution in [2.45, 2.75) is 46.1 Å². The third-order valence-corrected chi connectivity index (χ3v) is 5.36. The minimum atomic E-state index is -0.110. The maximum atomic E-state index is 12.0. The zero-order chi connectivity index (χ0) is 15.4. The molecule has 1 aromatic rings. The lowest BCUT2D eigenvalue weighted by Gasteiger charge is -2.34. The molecule has 1 saturated carbocycles. The van der Waals surface area contributed by atoms with Crippen molar-refractivity contribution in [3.8, 4) is 5.75 Å². The van der Waals surface area contributed by atoms with Crippen LogP contribution in [0.4, 0.5) is 0 Å². The Labute approximate surface area is 129 Å². The Kier molecular flexibility index (Phi) is 5.39. The van der Waals surface area contributed by atoms with Crippen molar-refractivity contribution in [1.29, 1.82) is 0 Å². The molecule has 0 aliphatic heterocycles. The third kappa shape index (κ3) is 4.06. The first-order valence-electron chi connectivity index (χ1n) is 7.49. The summed E-state index contributed by atoms with van der Waals surface area (Å²) in [6.07, 6.45) is 3.44. The van der Waals surface area contributed by atoms with Crippen molar-refractivity contribution in [3.63, 3.8) is 0 Å². The number of rotatable bonds is 5. The van der Waals surface area contributed by atoms with Gasteiger partial charge in [-0.1, -0.05) is 26.7 Å². The summed E-state index contributed by atoms with van der Waals surface area (Å²) in [5.74, 6) is 1.51. The van der Waals surface area contributed by atoms with Gasteiger partial charge in [-0.3, -0.25) is 9.59 Å². The van der Waals surface area contributed by atoms with Gasteiger partial charge in [0.05, 0.1) is 0 Å². The molecule has 0 radical (unpaired) electrons. The SMILES string of the molecule is CC(=O)c1sccc1OCC(=O)N[C@@H]1CCC[C@H](C)[C@@H]1C. The van der Waals surface area contributed by atoms with Gasteiger partial charge in [-0.15, -0.1) is 11.3 Å². The highest BCUT2D eigenvalue weighted by Crippen LogP contribution is 2.29. The molecule has 0 unspecified atom stereocenters. The van der Waals surface area contributed by atoms with E-state index < -0.39 is 0 Å². The van der Waals surface area contributed by atoms with Gasteiger partial charge in [-0.2, -0.15) is 0 Å². The summed E-state index contributed by atoms with van der Waals surface area (Å²) in [4.78, 5) is 24.0. The van der Waals surface area contributed by atoms with E-state index in [9.17, 15) is 9.59 Å². The van der Waals surface area contributed by atoms with E-state index in [1.54, 1.807) is 11.4 Å². The summed E-state index contributed by atoms with van der Waals surface area (Å²) in [7, 11) is 0. The summed E-state index contributed by atoms with van der Waals surface area (Å²) in [5.41, 5.74) is 0. The largest absolute Gasteiger partial charge is 0.482 e. The molecular weight excluding hydrogens is 286 g/mol. The second-order valence-electron chi connectivity index (χ2n) is 5.90. The summed E-state index contributed by atoms with van der Waals surface area (Å²) >= 11 is 1.34. The number of hydrogen-bond acceptors (Lipinski definition) is 4. The molecule has 1 fully saturated rings. The van der Waals surface area contributed by atoms with Crippen molar-refractivity contribution >= 4 is 23.0 Å². The lowest BCUT2D eigenvalue weighted by atomic mass is 9.78. The second kappa shape index (κ2) is 7.07. The molecule has 1 aliphatic carbocycles. The predicted octanol–water partition coefficient (Wildman–Crippen LogP) is 3.27. The van der Waals surface area contributed by atoms with E-state index in [0.717, 1.165) is 12.8 Å². The molecule has 1 N–H and O–H groups in total. The average Bonchev–Trinajstić information content (AvgIpc) is 2.90. The highest BCUT2D eigenvalue weighted by molar-refractivity contribution is 7.12. The quantitative estimate of drug-likeness (QED) is 0.849. The van der Waals surface area contributed by atoms with E-state index in [4.69, 9.17) is 4.74 Å². The van der Waals surface area contributed by atoms with Gasteiger partial charge in [0.1, 0.15) is 10.6 Å². The Bertz CT molecular complexity index is 511. The van der Waals surface area contributed by atoms with Crippen LogP contribution in [0, 0.1) is 11.8 Å². The monoisotopic (exact) mass is 309 g/mol. The fourth-order valence-corrected chi connectivity index (χ4v) is 3.58. The topological polar surface area (TPSA) is 55.4 Å². The van der Waals surface area contributed by atoms with Crippen LogP contribution in [0.1, 0.15) is 49.7 Å². The number of nitrogens with one attached hydrogen (secondary N) is 1. The van der Waals surface area contributed by atoms with E-state index in [2.05, 4.69) is 19.2 Å². The van der Waals surface area contributed by atoms with E-state index in [-0.39, 0.29) is 24.3 Å². The number of hydrogen-bond donors (Lipinski definition) is 1. The number of carbonyl (C=O) groups excluding carboxylic acids is 2. The van der Waals surface area contributed by atoms with Crippen LogP contribution in [0.2, 0.25) is 0 Å². The zero-order valence-corrected chi connectivity index (χ0v) is 13.7. The van der Waals surface area contributed by atoms with Gasteiger partial charge < -0.3 is 10.1 Å². The molecule has 0 aromatic carbocycles. The summed E-state index contributed by atoms with van der Waals surface area (Å²) in [5, 5.41) is 4.87. The van der Waals surface area contributed by atoms with Crippen molar-refractivity contribution < 1.29 is 14.3 Å². The van der Waals surface area contributed by atoms with Gasteiger partial charge in [0.2, 0.25) is 0 Å². The first-order valence-corrected chi connectivity index (χ1v) is 8.37. The van der Waals surface area contributed by atoms with Gasteiger partial charge in [-0.25, -0.2) is 0 Å². The maximum absolute atomic E-state index is 12.0. The number of amides is 1. The maximum Gasteiger partial charge on any atom is 0.258 e. The van der Waals surface area contributed by atoms with E-state index in [1.807, 2.05) is 0 Å². The molecule has 0 bridgehead atoms. The van der Waals surface area contributed by atoms with Crippen LogP contribution in [0.25, 0.3) is 0 Å². The number of Topliss-reactive ketones (excluding diaryl/α,β-unsaturated/α-hetero) is 1. The Morgan fingerprint density at radius 1 is 1.38 bits per heavy atom. The predicted molar refractivity (Wildman–Crippen MR) is 83.9 cm³/mol. The Balaban J connectivity index is 1.85. The smallest absolute Gasteiger partial charge is 0.258 e. The summed E-state index contributed by atoms with van der Waals surface area (Å²) in [6, 6.07) is 1.97. The Hall–Kier alpha value is -1.36. The minimum Gasteiger partial charge on any atom is -0.482 e. The molecule has 4 nitrogen and oxygen atoms in total. The molecule has 21 heavy (non-hydrogen) atoms. The minimum absolute atomic E-state index is 0.0323. The molecule has 1 heterocycles. The van der Waals surface area contributed by atoms with Gasteiger partial charge >= 0.3 is 0 Å². The lowest BCUT2D eigenvalue weighted by molar-refractivity contribution is -0.124. The van der Waals surface area contributed by atoms with Crippen molar-refractivity contribution in [1.82, 2.24) is 5.32 Å². The molecule has 3 atom stereocenters. The Morgan fingerprint density at radius 2 is 2.14 bits per heavy atom. The Morgan fingerprint density at radius 3 is 2.86 bits per heavy atom. The summed E-state index contributed by atoms with van der Waals surface area (Å²) < 4.78 is 5.48. The molecule has 5 heteroatoms. The van der Waals surface area contributed by atoms with Crippen molar-refractivity contribution in [3.05, 3.63) is 16.3 Å². The third-order valence-electron chi connectivity index (χ3n) is 4.36. The normalized spacial score (nSPS) is 25.4. The lowest BCUT2D eigenvalue weighted by Crippen LogP contribution is -2.45. The van der Waals surface area contributed by atoms with Gasteiger partial charge in [0, 0.05) is 13.0 Å². The molecule has 2 rings (SSSR count). The van der Waals surface area contributed by atoms with Gasteiger partial charge in [0.15, 0.2) is 12.4 Å². The second-order valence-corrected chi connectivity index (χ2v) is 6.82. The van der Waals surface area contributed by atoms with Crippen LogP contribution < -0.4 is 10.1 Å². The number of thiophene rings is 1. The molecule has 1 aliphatic rings. The van der Waals surface area contributed by atoms with Crippen molar-refractivity contribution in [2.75, 3.05) is 6.61 Å². The van der Waals surface area contributed by atoms with Crippen LogP contribution in [0.5, 0.6) is 5.75 Å². The van der Waals surface area contributed by atoms with Crippen LogP contribution in [-0.2, 0) is 4.79 Å². The van der Waals surface area contributed by atoms with Crippen LogP contribution in [-0.4, -0.2) is 24.3 Å². The van der Waals surface area contributed by atoms with E-state index in [1.165, 1.54) is 24.7 Å². The number of ketones is 1. The van der Waals surface area contributed by atoms with Crippen LogP contribution >= 0.6 is 11.3 Å². The number of ether oxygens (including phenoxy) is 1. The summed E-state index contributed by atoms with van der Waals surface area (Å²) in [6.45, 7) is 5.91. The van der Waals surface area contributed by atoms with Gasteiger partial charge in [0.25, 0.3) is 5.91 Å². The molecular formula is C16H23NO3S. The molecule has 1 aromatic heterocycles. The first-order chi connectivity index (χ1) is 9.99. The first kappa shape index (κ1) is 16.0. The molecule has 116 valence electrons. The molecule has 0 spiro atoms. The van der Waals surface area contributed by atoms with Gasteiger partial charge in [-0.05, 0) is 29.7 Å². The fraction of sp³-hybridized carbons (Fsp3) is 0.625. The fourth-order valence-electron chi connectivity index (χ4n) is 2.85. The highest BCUT2D eigenvalue weighted by Gasteiger charge is 2.28. The number of carbonyl (C=O) groups is 2. The standard InChI is InChI=1S/C16H23NO3S/c1-10-5-4-6-13(11(10)2)17-15(19)9-20-14-7-8-21-16(14)12(3)18/h7-8,10-11,13H,4-6,9H2,1-3H3,(H,17,19)/t10-,11-,13+/m0/s1. The van der Waals surface area contributed by atoms with Crippen LogP contribution in [0.15, 0.2) is 11.4 Å². The van der Waals surface area contributed by atoms with E-state index in [0.29, 0.717) is 22.5 Å². The average molecular weight is 309 g/mol. The molecule has 0 saturated heterocycles. The zero-order valence-electron chi connectivity index (χ0n) is 12.8. The highest BCUT2D eigenvalue weighted by atomic mass is 32.1. The van der Waals surface area contributed by atoms with E-state index >= 15 is 0 Å². The van der Waals surface area contributed by atoms with Crippen LogP contribution in [0.3, 0.4) is 0 Å². The van der Waals surface area contributed by atoms with Crippen molar-refractivity contribution in [2.24, 2.45) is 11.8 Å². The molecule has 1 amide bonds.